The van der Waals surface area contributed by atoms with Crippen LogP contribution in [-0.2, 0) is 22.6 Å². The number of hydrogen-bond donors (Lipinski definition) is 2. The van der Waals surface area contributed by atoms with Gasteiger partial charge in [-0.25, -0.2) is 9.78 Å². The van der Waals surface area contributed by atoms with Gasteiger partial charge in [-0.3, -0.25) is 14.5 Å². The number of rotatable bonds is 4. The van der Waals surface area contributed by atoms with Crippen molar-refractivity contribution < 1.29 is 14.4 Å². The lowest BCUT2D eigenvalue weighted by Gasteiger charge is -2.37. The quantitative estimate of drug-likeness (QED) is 0.636. The second kappa shape index (κ2) is 7.54. The van der Waals surface area contributed by atoms with E-state index in [-0.39, 0.29) is 24.4 Å². The molecule has 0 saturated carbocycles. The van der Waals surface area contributed by atoms with E-state index in [2.05, 4.69) is 15.3 Å². The zero-order chi connectivity index (χ0) is 21.4. The van der Waals surface area contributed by atoms with E-state index in [1.165, 1.54) is 4.90 Å². The summed E-state index contributed by atoms with van der Waals surface area (Å²) in [6.45, 7) is 1.14. The Hall–Kier alpha value is -3.68. The van der Waals surface area contributed by atoms with Crippen LogP contribution in [0.25, 0.3) is 11.0 Å². The number of imidazole rings is 1. The fourth-order valence-electron chi connectivity index (χ4n) is 4.44. The zero-order valence-corrected chi connectivity index (χ0v) is 17.0. The molecule has 3 aromatic rings. The van der Waals surface area contributed by atoms with Crippen LogP contribution in [0.3, 0.4) is 0 Å². The van der Waals surface area contributed by atoms with E-state index in [1.807, 2.05) is 48.5 Å². The number of H-pyrrole nitrogens is 1. The number of nitrogens with zero attached hydrogens (tertiary/aromatic N) is 3. The number of urea groups is 1. The molecule has 0 radical (unpaired) electrons. The smallest absolute Gasteiger partial charge is 0.325 e. The second-order valence-corrected chi connectivity index (χ2v) is 8.20. The predicted octanol–water partition coefficient (Wildman–Crippen LogP) is 2.22. The summed E-state index contributed by atoms with van der Waals surface area (Å²) in [6, 6.07) is 14.9. The van der Waals surface area contributed by atoms with Gasteiger partial charge in [0.15, 0.2) is 0 Å². The van der Waals surface area contributed by atoms with E-state index >= 15 is 0 Å². The molecule has 158 valence electrons. The summed E-state index contributed by atoms with van der Waals surface area (Å²) in [5, 5.41) is 2.90. The molecule has 2 fully saturated rings. The van der Waals surface area contributed by atoms with Gasteiger partial charge < -0.3 is 15.2 Å². The minimum atomic E-state index is -0.905. The van der Waals surface area contributed by atoms with E-state index < -0.39 is 5.54 Å². The highest BCUT2D eigenvalue weighted by molar-refractivity contribution is 6.07. The molecule has 0 unspecified atom stereocenters. The van der Waals surface area contributed by atoms with Crippen molar-refractivity contribution in [3.8, 4) is 0 Å². The lowest BCUT2D eigenvalue weighted by molar-refractivity contribution is -0.138. The fourth-order valence-corrected chi connectivity index (χ4v) is 4.44. The molecule has 0 aliphatic carbocycles. The van der Waals surface area contributed by atoms with Crippen molar-refractivity contribution in [2.75, 3.05) is 13.1 Å². The highest BCUT2D eigenvalue weighted by Gasteiger charge is 2.52. The Morgan fingerprint density at radius 3 is 2.58 bits per heavy atom. The van der Waals surface area contributed by atoms with Crippen LogP contribution in [0.5, 0.6) is 0 Å². The maximum atomic E-state index is 13.1. The SMILES string of the molecule is O=C(Cc1ccc2nc[nH]c2c1)N1CCC2(CC1)NC(=O)N(Cc1ccccc1)C2=O. The molecule has 4 amide bonds. The minimum Gasteiger partial charge on any atom is -0.345 e. The number of imide groups is 1. The Morgan fingerprint density at radius 2 is 1.81 bits per heavy atom. The average Bonchev–Trinajstić information content (AvgIpc) is 3.33. The number of nitrogens with one attached hydrogen (secondary N) is 2. The van der Waals surface area contributed by atoms with Crippen LogP contribution in [-0.4, -0.2) is 56.2 Å². The summed E-state index contributed by atoms with van der Waals surface area (Å²) < 4.78 is 0. The third kappa shape index (κ3) is 3.54. The van der Waals surface area contributed by atoms with Crippen molar-refractivity contribution in [2.45, 2.75) is 31.3 Å². The van der Waals surface area contributed by atoms with Gasteiger partial charge >= 0.3 is 6.03 Å². The Balaban J connectivity index is 1.22. The van der Waals surface area contributed by atoms with Gasteiger partial charge in [0.05, 0.1) is 30.3 Å². The molecule has 31 heavy (non-hydrogen) atoms. The molecule has 0 atom stereocenters. The molecule has 2 aliphatic heterocycles. The summed E-state index contributed by atoms with van der Waals surface area (Å²) in [6.07, 6.45) is 2.78. The van der Waals surface area contributed by atoms with Crippen LogP contribution in [0, 0.1) is 0 Å². The molecule has 3 heterocycles. The largest absolute Gasteiger partial charge is 0.345 e. The third-order valence-electron chi connectivity index (χ3n) is 6.24. The summed E-state index contributed by atoms with van der Waals surface area (Å²) >= 11 is 0. The fraction of sp³-hybridized carbons (Fsp3) is 0.304. The number of carbonyl (C=O) groups excluding carboxylic acids is 3. The highest BCUT2D eigenvalue weighted by atomic mass is 16.2. The predicted molar refractivity (Wildman–Crippen MR) is 114 cm³/mol. The number of piperidine rings is 1. The van der Waals surface area contributed by atoms with Crippen molar-refractivity contribution in [1.29, 1.82) is 0 Å². The van der Waals surface area contributed by atoms with Gasteiger partial charge in [-0.15, -0.1) is 0 Å². The first-order valence-electron chi connectivity index (χ1n) is 10.4. The number of hydrogen-bond acceptors (Lipinski definition) is 4. The molecule has 2 aromatic carbocycles. The number of amides is 4. The second-order valence-electron chi connectivity index (χ2n) is 8.20. The Kier molecular flexibility index (Phi) is 4.69. The lowest BCUT2D eigenvalue weighted by Crippen LogP contribution is -2.56. The average molecular weight is 417 g/mol. The molecule has 1 spiro atoms. The molecule has 8 nitrogen and oxygen atoms in total. The van der Waals surface area contributed by atoms with E-state index in [0.717, 1.165) is 22.2 Å². The van der Waals surface area contributed by atoms with Gasteiger partial charge in [0.2, 0.25) is 5.91 Å². The number of fused-ring (bicyclic) bond motifs is 1. The van der Waals surface area contributed by atoms with Crippen molar-refractivity contribution >= 4 is 28.9 Å². The standard InChI is InChI=1S/C23H23N5O3/c29-20(13-17-6-7-18-19(12-17)25-15-24-18)27-10-8-23(9-11-27)21(30)28(22(31)26-23)14-16-4-2-1-3-5-16/h1-7,12,15H,8-11,13-14H2,(H,24,25)(H,26,31). The molecule has 0 bridgehead atoms. The number of aromatic amines is 1. The van der Waals surface area contributed by atoms with Crippen LogP contribution in [0.1, 0.15) is 24.0 Å². The normalized spacial score (nSPS) is 18.1. The Labute approximate surface area is 179 Å². The molecule has 1 aromatic heterocycles. The maximum absolute atomic E-state index is 13.1. The third-order valence-corrected chi connectivity index (χ3v) is 6.24. The van der Waals surface area contributed by atoms with Gasteiger partial charge in [-0.05, 0) is 36.1 Å². The van der Waals surface area contributed by atoms with E-state index in [4.69, 9.17) is 0 Å². The monoisotopic (exact) mass is 417 g/mol. The van der Waals surface area contributed by atoms with E-state index in [9.17, 15) is 14.4 Å². The molecular weight excluding hydrogens is 394 g/mol. The topological polar surface area (TPSA) is 98.4 Å². The van der Waals surface area contributed by atoms with Crippen molar-refractivity contribution in [2.24, 2.45) is 0 Å². The summed E-state index contributed by atoms with van der Waals surface area (Å²) in [5.74, 6) is -0.176. The molecule has 5 rings (SSSR count). The van der Waals surface area contributed by atoms with Crippen LogP contribution < -0.4 is 5.32 Å². The zero-order valence-electron chi connectivity index (χ0n) is 17.0. The number of carbonyl (C=O) groups is 3. The highest BCUT2D eigenvalue weighted by Crippen LogP contribution is 2.30. The Morgan fingerprint density at radius 1 is 1.03 bits per heavy atom. The van der Waals surface area contributed by atoms with Crippen LogP contribution >= 0.6 is 0 Å². The summed E-state index contributed by atoms with van der Waals surface area (Å²) in [7, 11) is 0. The van der Waals surface area contributed by atoms with Crippen LogP contribution in [0.2, 0.25) is 0 Å². The minimum absolute atomic E-state index is 0.0200. The van der Waals surface area contributed by atoms with Crippen molar-refractivity contribution in [3.63, 3.8) is 0 Å². The maximum Gasteiger partial charge on any atom is 0.325 e. The number of benzene rings is 2. The number of aromatic nitrogens is 2. The van der Waals surface area contributed by atoms with Gasteiger partial charge in [-0.1, -0.05) is 36.4 Å². The molecular formula is C23H23N5O3. The summed E-state index contributed by atoms with van der Waals surface area (Å²) in [5.41, 5.74) is 2.69. The van der Waals surface area contributed by atoms with Crippen LogP contribution in [0.4, 0.5) is 4.79 Å². The first-order valence-corrected chi connectivity index (χ1v) is 10.4. The molecule has 2 saturated heterocycles. The molecule has 8 heteroatoms. The Bertz CT molecular complexity index is 1150. The van der Waals surface area contributed by atoms with Crippen molar-refractivity contribution in [1.82, 2.24) is 25.1 Å². The van der Waals surface area contributed by atoms with Gasteiger partial charge in [0, 0.05) is 13.1 Å². The van der Waals surface area contributed by atoms with Crippen molar-refractivity contribution in [3.05, 3.63) is 66.0 Å². The first-order chi connectivity index (χ1) is 15.0. The van der Waals surface area contributed by atoms with Crippen LogP contribution in [0.15, 0.2) is 54.9 Å². The lowest BCUT2D eigenvalue weighted by atomic mass is 9.87. The van der Waals surface area contributed by atoms with Gasteiger partial charge in [0.25, 0.3) is 5.91 Å². The molecule has 2 N–H and O–H groups in total. The van der Waals surface area contributed by atoms with E-state index in [0.29, 0.717) is 32.4 Å². The summed E-state index contributed by atoms with van der Waals surface area (Å²) in [4.78, 5) is 48.7. The van der Waals surface area contributed by atoms with E-state index in [1.54, 1.807) is 11.2 Å². The molecule has 2 aliphatic rings. The first kappa shape index (κ1) is 19.3. The number of likely N-dealkylation sites (tertiary alicyclic amines) is 1. The van der Waals surface area contributed by atoms with Gasteiger partial charge in [-0.2, -0.15) is 0 Å². The van der Waals surface area contributed by atoms with Gasteiger partial charge in [0.1, 0.15) is 5.54 Å².